The molecule has 1 rings (SSSR count). The van der Waals surface area contributed by atoms with Gasteiger partial charge in [-0.1, -0.05) is 13.8 Å². The Kier molecular flexibility index (Phi) is 6.56. The van der Waals surface area contributed by atoms with E-state index >= 15 is 0 Å². The van der Waals surface area contributed by atoms with E-state index in [1.165, 1.54) is 4.90 Å². The normalized spacial score (nSPS) is 12.1. The Labute approximate surface area is 132 Å². The minimum Gasteiger partial charge on any atom is -0.394 e. The molecular weight excluding hydrogens is 280 g/mol. The molecule has 0 aliphatic rings. The SMILES string of the molecule is Cc1cc(C(=O)N(C)C(C)CO)ccc1NC(=O)CC(C)C. The summed E-state index contributed by atoms with van der Waals surface area (Å²) in [7, 11) is 1.66. The van der Waals surface area contributed by atoms with Crippen LogP contribution >= 0.6 is 0 Å². The number of anilines is 1. The Morgan fingerprint density at radius 3 is 2.41 bits per heavy atom. The summed E-state index contributed by atoms with van der Waals surface area (Å²) in [6.45, 7) is 7.55. The molecule has 0 fully saturated rings. The molecule has 0 aliphatic carbocycles. The zero-order valence-electron chi connectivity index (χ0n) is 14.0. The maximum Gasteiger partial charge on any atom is 0.253 e. The van der Waals surface area contributed by atoms with Crippen LogP contribution in [-0.2, 0) is 4.79 Å². The second-order valence-corrected chi connectivity index (χ2v) is 6.12. The van der Waals surface area contributed by atoms with Gasteiger partial charge < -0.3 is 15.3 Å². The quantitative estimate of drug-likeness (QED) is 0.848. The molecule has 0 aromatic heterocycles. The molecule has 0 saturated carbocycles. The number of aliphatic hydroxyl groups is 1. The fraction of sp³-hybridized carbons (Fsp3) is 0.529. The monoisotopic (exact) mass is 306 g/mol. The molecule has 0 radical (unpaired) electrons. The van der Waals surface area contributed by atoms with Crippen LogP contribution in [0.1, 0.15) is 43.1 Å². The Morgan fingerprint density at radius 2 is 1.91 bits per heavy atom. The molecule has 0 spiro atoms. The molecule has 0 saturated heterocycles. The van der Waals surface area contributed by atoms with Crippen molar-refractivity contribution < 1.29 is 14.7 Å². The Morgan fingerprint density at radius 1 is 1.27 bits per heavy atom. The number of nitrogens with one attached hydrogen (secondary N) is 1. The van der Waals surface area contributed by atoms with Gasteiger partial charge in [-0.15, -0.1) is 0 Å². The highest BCUT2D eigenvalue weighted by Gasteiger charge is 2.17. The number of amides is 2. The van der Waals surface area contributed by atoms with Crippen molar-refractivity contribution >= 4 is 17.5 Å². The number of likely N-dealkylation sites (N-methyl/N-ethyl adjacent to an activating group) is 1. The van der Waals surface area contributed by atoms with Gasteiger partial charge in [0.1, 0.15) is 0 Å². The average Bonchev–Trinajstić information content (AvgIpc) is 2.46. The second kappa shape index (κ2) is 7.94. The molecule has 5 nitrogen and oxygen atoms in total. The maximum atomic E-state index is 12.3. The summed E-state index contributed by atoms with van der Waals surface area (Å²) >= 11 is 0. The van der Waals surface area contributed by atoms with Crippen LogP contribution in [0.3, 0.4) is 0 Å². The van der Waals surface area contributed by atoms with Crippen LogP contribution in [0, 0.1) is 12.8 Å². The molecule has 2 N–H and O–H groups in total. The van der Waals surface area contributed by atoms with Crippen LogP contribution in [0.4, 0.5) is 5.69 Å². The summed E-state index contributed by atoms with van der Waals surface area (Å²) in [5, 5.41) is 12.0. The van der Waals surface area contributed by atoms with E-state index in [1.807, 2.05) is 20.8 Å². The van der Waals surface area contributed by atoms with Gasteiger partial charge in [-0.2, -0.15) is 0 Å². The molecule has 122 valence electrons. The van der Waals surface area contributed by atoms with E-state index in [0.29, 0.717) is 17.9 Å². The first-order valence-electron chi connectivity index (χ1n) is 7.54. The lowest BCUT2D eigenvalue weighted by molar-refractivity contribution is -0.116. The highest BCUT2D eigenvalue weighted by Crippen LogP contribution is 2.19. The predicted octanol–water partition coefficient (Wildman–Crippen LogP) is 2.43. The molecular formula is C17H26N2O3. The standard InChI is InChI=1S/C17H26N2O3/c1-11(2)8-16(21)18-15-7-6-14(9-12(15)3)17(22)19(5)13(4)10-20/h6-7,9,11,13,20H,8,10H2,1-5H3,(H,18,21). The molecule has 0 heterocycles. The van der Waals surface area contributed by atoms with Crippen molar-refractivity contribution in [2.24, 2.45) is 5.92 Å². The van der Waals surface area contributed by atoms with Crippen molar-refractivity contribution in [2.75, 3.05) is 19.0 Å². The average molecular weight is 306 g/mol. The van der Waals surface area contributed by atoms with Crippen molar-refractivity contribution in [1.29, 1.82) is 0 Å². The minimum absolute atomic E-state index is 0.0248. The lowest BCUT2D eigenvalue weighted by Gasteiger charge is -2.23. The zero-order chi connectivity index (χ0) is 16.9. The van der Waals surface area contributed by atoms with Gasteiger partial charge in [0, 0.05) is 24.7 Å². The molecule has 1 atom stereocenters. The van der Waals surface area contributed by atoms with Crippen LogP contribution in [0.5, 0.6) is 0 Å². The molecule has 5 heteroatoms. The van der Waals surface area contributed by atoms with Crippen LogP contribution in [0.25, 0.3) is 0 Å². The maximum absolute atomic E-state index is 12.3. The number of hydrogen-bond acceptors (Lipinski definition) is 3. The first-order valence-corrected chi connectivity index (χ1v) is 7.54. The zero-order valence-corrected chi connectivity index (χ0v) is 14.0. The predicted molar refractivity (Wildman–Crippen MR) is 87.9 cm³/mol. The first kappa shape index (κ1) is 18.2. The molecule has 0 bridgehead atoms. The van der Waals surface area contributed by atoms with Gasteiger partial charge in [-0.3, -0.25) is 9.59 Å². The highest BCUT2D eigenvalue weighted by molar-refractivity contribution is 5.96. The smallest absolute Gasteiger partial charge is 0.253 e. The molecule has 1 unspecified atom stereocenters. The van der Waals surface area contributed by atoms with E-state index in [4.69, 9.17) is 5.11 Å². The Bertz CT molecular complexity index is 541. The van der Waals surface area contributed by atoms with Crippen molar-refractivity contribution in [3.63, 3.8) is 0 Å². The van der Waals surface area contributed by atoms with Gasteiger partial charge in [-0.05, 0) is 43.5 Å². The number of carbonyl (C=O) groups is 2. The van der Waals surface area contributed by atoms with E-state index in [1.54, 1.807) is 32.2 Å². The summed E-state index contributed by atoms with van der Waals surface area (Å²) in [5.74, 6) is 0.127. The molecule has 2 amide bonds. The molecule has 22 heavy (non-hydrogen) atoms. The number of nitrogens with zero attached hydrogens (tertiary/aromatic N) is 1. The van der Waals surface area contributed by atoms with E-state index in [-0.39, 0.29) is 24.5 Å². The number of aliphatic hydroxyl groups excluding tert-OH is 1. The summed E-state index contributed by atoms with van der Waals surface area (Å²) in [5.41, 5.74) is 2.11. The number of carbonyl (C=O) groups excluding carboxylic acids is 2. The lowest BCUT2D eigenvalue weighted by atomic mass is 10.1. The fourth-order valence-electron chi connectivity index (χ4n) is 2.04. The van der Waals surface area contributed by atoms with Gasteiger partial charge >= 0.3 is 0 Å². The highest BCUT2D eigenvalue weighted by atomic mass is 16.3. The van der Waals surface area contributed by atoms with Crippen molar-refractivity contribution in [2.45, 2.75) is 40.2 Å². The summed E-state index contributed by atoms with van der Waals surface area (Å²) < 4.78 is 0. The number of rotatable bonds is 6. The Hall–Kier alpha value is -1.88. The number of benzene rings is 1. The summed E-state index contributed by atoms with van der Waals surface area (Å²) in [6.07, 6.45) is 0.469. The van der Waals surface area contributed by atoms with E-state index in [0.717, 1.165) is 11.3 Å². The van der Waals surface area contributed by atoms with E-state index in [9.17, 15) is 9.59 Å². The van der Waals surface area contributed by atoms with Crippen molar-refractivity contribution in [3.8, 4) is 0 Å². The second-order valence-electron chi connectivity index (χ2n) is 6.12. The lowest BCUT2D eigenvalue weighted by Crippen LogP contribution is -2.37. The van der Waals surface area contributed by atoms with E-state index < -0.39 is 0 Å². The van der Waals surface area contributed by atoms with Crippen LogP contribution < -0.4 is 5.32 Å². The van der Waals surface area contributed by atoms with Crippen LogP contribution in [-0.4, -0.2) is 41.5 Å². The van der Waals surface area contributed by atoms with Gasteiger partial charge in [0.05, 0.1) is 12.6 Å². The van der Waals surface area contributed by atoms with Gasteiger partial charge in [0.15, 0.2) is 0 Å². The third kappa shape index (κ3) is 4.84. The molecule has 0 aliphatic heterocycles. The van der Waals surface area contributed by atoms with Crippen LogP contribution in [0.2, 0.25) is 0 Å². The van der Waals surface area contributed by atoms with Crippen molar-refractivity contribution in [3.05, 3.63) is 29.3 Å². The number of aryl methyl sites for hydroxylation is 1. The van der Waals surface area contributed by atoms with E-state index in [2.05, 4.69) is 5.32 Å². The minimum atomic E-state index is -0.238. The molecule has 1 aromatic carbocycles. The van der Waals surface area contributed by atoms with Crippen molar-refractivity contribution in [1.82, 2.24) is 4.90 Å². The third-order valence-corrected chi connectivity index (χ3v) is 3.59. The summed E-state index contributed by atoms with van der Waals surface area (Å²) in [4.78, 5) is 25.6. The third-order valence-electron chi connectivity index (χ3n) is 3.59. The van der Waals surface area contributed by atoms with Gasteiger partial charge in [0.2, 0.25) is 5.91 Å². The summed E-state index contributed by atoms with van der Waals surface area (Å²) in [6, 6.07) is 4.96. The van der Waals surface area contributed by atoms with Crippen LogP contribution in [0.15, 0.2) is 18.2 Å². The molecule has 1 aromatic rings. The fourth-order valence-corrected chi connectivity index (χ4v) is 2.04. The van der Waals surface area contributed by atoms with Gasteiger partial charge in [-0.25, -0.2) is 0 Å². The van der Waals surface area contributed by atoms with Gasteiger partial charge in [0.25, 0.3) is 5.91 Å². The first-order chi connectivity index (χ1) is 10.3. The topological polar surface area (TPSA) is 69.6 Å². The Balaban J connectivity index is 2.85. The largest absolute Gasteiger partial charge is 0.394 e. The number of hydrogen-bond donors (Lipinski definition) is 2.